The van der Waals surface area contributed by atoms with Crippen LogP contribution in [-0.4, -0.2) is 42.8 Å². The van der Waals surface area contributed by atoms with Crippen LogP contribution in [0.2, 0.25) is 0 Å². The van der Waals surface area contributed by atoms with Gasteiger partial charge in [0.1, 0.15) is 0 Å². The average Bonchev–Trinajstić information content (AvgIpc) is 1.77. The van der Waals surface area contributed by atoms with Crippen molar-refractivity contribution in [2.75, 3.05) is 20.6 Å². The summed E-state index contributed by atoms with van der Waals surface area (Å²) in [5.74, 6) is -2.07. The van der Waals surface area contributed by atoms with Crippen LogP contribution in [0.3, 0.4) is 0 Å². The lowest BCUT2D eigenvalue weighted by Gasteiger charge is -2.20. The second kappa shape index (κ2) is 5.19. The van der Waals surface area contributed by atoms with Crippen molar-refractivity contribution in [1.82, 2.24) is 4.90 Å². The number of carboxylic acid groups (broad SMARTS) is 1. The van der Waals surface area contributed by atoms with Crippen molar-refractivity contribution < 1.29 is 23.1 Å². The quantitative estimate of drug-likeness (QED) is 0.754. The van der Waals surface area contributed by atoms with Gasteiger partial charge in [0.05, 0.1) is 0 Å². The highest BCUT2D eigenvalue weighted by Crippen LogP contribution is 2.26. The standard InChI is InChI=1S/C8H14F3NO2/c1-12(2)5-6(3-7(13)14)4-8(9,10)11/h6H,3-5H2,1-2H3,(H,13,14). The molecule has 0 aliphatic carbocycles. The van der Waals surface area contributed by atoms with E-state index in [4.69, 9.17) is 5.11 Å². The highest BCUT2D eigenvalue weighted by atomic mass is 19.4. The van der Waals surface area contributed by atoms with E-state index in [0.29, 0.717) is 0 Å². The number of nitrogens with zero attached hydrogens (tertiary/aromatic N) is 1. The Morgan fingerprint density at radius 1 is 1.43 bits per heavy atom. The first-order valence-corrected chi connectivity index (χ1v) is 4.14. The van der Waals surface area contributed by atoms with E-state index in [1.54, 1.807) is 19.0 Å². The number of carbonyl (C=O) groups is 1. The molecule has 0 radical (unpaired) electrons. The van der Waals surface area contributed by atoms with E-state index < -0.39 is 30.9 Å². The topological polar surface area (TPSA) is 40.5 Å². The second-order valence-electron chi connectivity index (χ2n) is 3.55. The van der Waals surface area contributed by atoms with E-state index in [0.717, 1.165) is 0 Å². The molecule has 0 aromatic rings. The third-order valence-electron chi connectivity index (χ3n) is 1.61. The number of carboxylic acids is 1. The summed E-state index contributed by atoms with van der Waals surface area (Å²) >= 11 is 0. The molecule has 0 aromatic carbocycles. The third-order valence-corrected chi connectivity index (χ3v) is 1.61. The number of alkyl halides is 3. The van der Waals surface area contributed by atoms with Gasteiger partial charge in [0.15, 0.2) is 0 Å². The van der Waals surface area contributed by atoms with E-state index in [9.17, 15) is 18.0 Å². The Labute approximate surface area is 80.5 Å². The van der Waals surface area contributed by atoms with Crippen molar-refractivity contribution >= 4 is 5.97 Å². The number of hydrogen-bond acceptors (Lipinski definition) is 2. The minimum Gasteiger partial charge on any atom is -0.481 e. The molecule has 0 saturated carbocycles. The molecule has 1 atom stereocenters. The highest BCUT2D eigenvalue weighted by Gasteiger charge is 2.32. The number of halogens is 3. The molecule has 0 aliphatic rings. The lowest BCUT2D eigenvalue weighted by molar-refractivity contribution is -0.151. The minimum atomic E-state index is -4.30. The number of aliphatic carboxylic acids is 1. The van der Waals surface area contributed by atoms with E-state index in [1.807, 2.05) is 0 Å². The van der Waals surface area contributed by atoms with Crippen molar-refractivity contribution in [3.05, 3.63) is 0 Å². The van der Waals surface area contributed by atoms with Gasteiger partial charge in [0.2, 0.25) is 0 Å². The molecule has 0 bridgehead atoms. The summed E-state index contributed by atoms with van der Waals surface area (Å²) in [6, 6.07) is 0. The summed E-state index contributed by atoms with van der Waals surface area (Å²) in [6.07, 6.45) is -5.79. The SMILES string of the molecule is CN(C)CC(CC(=O)O)CC(F)(F)F. The van der Waals surface area contributed by atoms with E-state index >= 15 is 0 Å². The summed E-state index contributed by atoms with van der Waals surface area (Å²) in [5, 5.41) is 8.41. The molecule has 1 unspecified atom stereocenters. The molecule has 0 heterocycles. The minimum absolute atomic E-state index is 0.131. The lowest BCUT2D eigenvalue weighted by atomic mass is 10.0. The fraction of sp³-hybridized carbons (Fsp3) is 0.875. The van der Waals surface area contributed by atoms with Crippen LogP contribution in [0.25, 0.3) is 0 Å². The van der Waals surface area contributed by atoms with Gasteiger partial charge in [-0.1, -0.05) is 0 Å². The Balaban J connectivity index is 4.17. The van der Waals surface area contributed by atoms with Crippen LogP contribution in [0.4, 0.5) is 13.2 Å². The van der Waals surface area contributed by atoms with Crippen molar-refractivity contribution in [2.24, 2.45) is 5.92 Å². The summed E-state index contributed by atoms with van der Waals surface area (Å²) in [6.45, 7) is 0.131. The van der Waals surface area contributed by atoms with Crippen molar-refractivity contribution in [1.29, 1.82) is 0 Å². The van der Waals surface area contributed by atoms with Gasteiger partial charge in [-0.15, -0.1) is 0 Å². The van der Waals surface area contributed by atoms with E-state index in [1.165, 1.54) is 0 Å². The lowest BCUT2D eigenvalue weighted by Crippen LogP contribution is -2.28. The highest BCUT2D eigenvalue weighted by molar-refractivity contribution is 5.67. The van der Waals surface area contributed by atoms with Gasteiger partial charge >= 0.3 is 12.1 Å². The normalized spacial score (nSPS) is 14.4. The van der Waals surface area contributed by atoms with Crippen molar-refractivity contribution in [3.8, 4) is 0 Å². The number of hydrogen-bond donors (Lipinski definition) is 1. The molecule has 1 N–H and O–H groups in total. The van der Waals surface area contributed by atoms with Gasteiger partial charge in [-0.3, -0.25) is 4.79 Å². The monoisotopic (exact) mass is 213 g/mol. The Hall–Kier alpha value is -0.780. The van der Waals surface area contributed by atoms with Crippen LogP contribution in [0.1, 0.15) is 12.8 Å². The molecule has 0 aliphatic heterocycles. The van der Waals surface area contributed by atoms with Crippen LogP contribution >= 0.6 is 0 Å². The van der Waals surface area contributed by atoms with Crippen LogP contribution in [-0.2, 0) is 4.79 Å². The molecule has 0 fully saturated rings. The summed E-state index contributed by atoms with van der Waals surface area (Å²) in [4.78, 5) is 11.8. The molecule has 0 rings (SSSR count). The molecule has 14 heavy (non-hydrogen) atoms. The maximum atomic E-state index is 12.0. The first-order chi connectivity index (χ1) is 6.20. The zero-order valence-corrected chi connectivity index (χ0v) is 8.14. The van der Waals surface area contributed by atoms with Crippen LogP contribution in [0.5, 0.6) is 0 Å². The fourth-order valence-corrected chi connectivity index (χ4v) is 1.29. The Kier molecular flexibility index (Phi) is 4.90. The van der Waals surface area contributed by atoms with Gasteiger partial charge in [-0.05, 0) is 20.0 Å². The Morgan fingerprint density at radius 3 is 2.21 bits per heavy atom. The maximum Gasteiger partial charge on any atom is 0.389 e. The predicted octanol–water partition coefficient (Wildman–Crippen LogP) is 1.59. The molecule has 6 heteroatoms. The number of rotatable bonds is 5. The summed E-state index contributed by atoms with van der Waals surface area (Å²) < 4.78 is 36.0. The Bertz CT molecular complexity index is 192. The molecular weight excluding hydrogens is 199 g/mol. The van der Waals surface area contributed by atoms with Crippen LogP contribution < -0.4 is 0 Å². The largest absolute Gasteiger partial charge is 0.481 e. The molecule has 0 amide bonds. The first-order valence-electron chi connectivity index (χ1n) is 4.14. The van der Waals surface area contributed by atoms with Gasteiger partial charge in [-0.25, -0.2) is 0 Å². The molecular formula is C8H14F3NO2. The molecule has 0 saturated heterocycles. The van der Waals surface area contributed by atoms with E-state index in [-0.39, 0.29) is 6.54 Å². The Morgan fingerprint density at radius 2 is 1.93 bits per heavy atom. The molecule has 3 nitrogen and oxygen atoms in total. The van der Waals surface area contributed by atoms with Gasteiger partial charge in [0, 0.05) is 19.4 Å². The zero-order chi connectivity index (χ0) is 11.4. The van der Waals surface area contributed by atoms with Gasteiger partial charge in [0.25, 0.3) is 0 Å². The third kappa shape index (κ3) is 7.85. The van der Waals surface area contributed by atoms with Crippen molar-refractivity contribution in [3.63, 3.8) is 0 Å². The second-order valence-corrected chi connectivity index (χ2v) is 3.55. The van der Waals surface area contributed by atoms with E-state index in [2.05, 4.69) is 0 Å². The smallest absolute Gasteiger partial charge is 0.389 e. The summed E-state index contributed by atoms with van der Waals surface area (Å²) in [5.41, 5.74) is 0. The van der Waals surface area contributed by atoms with Gasteiger partial charge in [-0.2, -0.15) is 13.2 Å². The molecule has 84 valence electrons. The zero-order valence-electron chi connectivity index (χ0n) is 8.14. The maximum absolute atomic E-state index is 12.0. The molecule has 0 spiro atoms. The fourth-order valence-electron chi connectivity index (χ4n) is 1.29. The van der Waals surface area contributed by atoms with Crippen LogP contribution in [0.15, 0.2) is 0 Å². The summed E-state index contributed by atoms with van der Waals surface area (Å²) in [7, 11) is 3.23. The molecule has 0 aromatic heterocycles. The first kappa shape index (κ1) is 13.2. The van der Waals surface area contributed by atoms with Crippen LogP contribution in [0, 0.1) is 5.92 Å². The van der Waals surface area contributed by atoms with Gasteiger partial charge < -0.3 is 10.0 Å². The van der Waals surface area contributed by atoms with Crippen molar-refractivity contribution in [2.45, 2.75) is 19.0 Å². The predicted molar refractivity (Wildman–Crippen MR) is 45.0 cm³/mol. The average molecular weight is 213 g/mol.